The van der Waals surface area contributed by atoms with Crippen molar-refractivity contribution < 1.29 is 13.2 Å². The highest BCUT2D eigenvalue weighted by Gasteiger charge is 2.30. The van der Waals surface area contributed by atoms with Gasteiger partial charge in [0.2, 0.25) is 10.0 Å². The summed E-state index contributed by atoms with van der Waals surface area (Å²) in [6.07, 6.45) is 2.56. The Morgan fingerprint density at radius 2 is 1.76 bits per heavy atom. The monoisotopic (exact) mass is 540 g/mol. The van der Waals surface area contributed by atoms with E-state index in [2.05, 4.69) is 10.4 Å². The molecule has 1 fully saturated rings. The number of aromatic nitrogens is 2. The van der Waals surface area contributed by atoms with E-state index in [9.17, 15) is 13.2 Å². The fourth-order valence-corrected chi connectivity index (χ4v) is 6.43. The van der Waals surface area contributed by atoms with E-state index in [1.165, 1.54) is 16.4 Å². The van der Waals surface area contributed by atoms with Crippen molar-refractivity contribution in [2.75, 3.05) is 18.4 Å². The zero-order chi connectivity index (χ0) is 24.5. The number of halogens is 3. The minimum atomic E-state index is -3.85. The summed E-state index contributed by atoms with van der Waals surface area (Å²) in [5, 5.41) is 7.80. The van der Waals surface area contributed by atoms with E-state index in [1.54, 1.807) is 16.8 Å². The van der Waals surface area contributed by atoms with Crippen molar-refractivity contribution in [1.82, 2.24) is 14.1 Å². The van der Waals surface area contributed by atoms with Crippen LogP contribution in [0.25, 0.3) is 0 Å². The average Bonchev–Trinajstić information content (AvgIpc) is 3.12. The van der Waals surface area contributed by atoms with Crippen LogP contribution in [0.5, 0.6) is 0 Å². The normalized spacial score (nSPS) is 14.8. The number of benzene rings is 2. The molecule has 2 aromatic carbocycles. The SMILES string of the molecule is Cc1cc(NC(=O)c2cc(S(=O)(=O)N3CCCCC3)c(Cl)cc2Cl)nn1Cc1cccc(Cl)c1. The third-order valence-electron chi connectivity index (χ3n) is 5.64. The van der Waals surface area contributed by atoms with Gasteiger partial charge in [-0.05, 0) is 49.6 Å². The van der Waals surface area contributed by atoms with E-state index in [0.717, 1.165) is 30.5 Å². The second-order valence-corrected chi connectivity index (χ2v) is 11.3. The first kappa shape index (κ1) is 25.0. The Kier molecular flexibility index (Phi) is 7.54. The van der Waals surface area contributed by atoms with E-state index >= 15 is 0 Å². The standard InChI is InChI=1S/C23H23Cl3N4O3S/c1-15-10-22(28-30(15)14-16-6-5-7-17(24)11-16)27-23(31)18-12-21(20(26)13-19(18)25)34(32,33)29-8-3-2-4-9-29/h5-7,10-13H,2-4,8-9,14H2,1H3,(H,27,28,31). The molecule has 4 rings (SSSR count). The molecular formula is C23H23Cl3N4O3S. The molecule has 1 saturated heterocycles. The van der Waals surface area contributed by atoms with Crippen molar-refractivity contribution in [3.05, 3.63) is 74.4 Å². The number of rotatable bonds is 6. The summed E-state index contributed by atoms with van der Waals surface area (Å²) < 4.78 is 29.4. The summed E-state index contributed by atoms with van der Waals surface area (Å²) in [6, 6.07) is 11.7. The Morgan fingerprint density at radius 3 is 2.47 bits per heavy atom. The maximum atomic E-state index is 13.1. The van der Waals surface area contributed by atoms with Crippen LogP contribution in [0.4, 0.5) is 5.82 Å². The number of nitrogens with zero attached hydrogens (tertiary/aromatic N) is 3. The Bertz CT molecular complexity index is 1340. The Morgan fingerprint density at radius 1 is 1.03 bits per heavy atom. The van der Waals surface area contributed by atoms with Crippen LogP contribution >= 0.6 is 34.8 Å². The van der Waals surface area contributed by atoms with Crippen LogP contribution < -0.4 is 5.32 Å². The zero-order valence-corrected chi connectivity index (χ0v) is 21.5. The quantitative estimate of drug-likeness (QED) is 0.438. The van der Waals surface area contributed by atoms with E-state index in [-0.39, 0.29) is 20.5 Å². The highest BCUT2D eigenvalue weighted by Crippen LogP contribution is 2.32. The first-order chi connectivity index (χ1) is 16.1. The fourth-order valence-electron chi connectivity index (χ4n) is 3.87. The van der Waals surface area contributed by atoms with Gasteiger partial charge in [-0.25, -0.2) is 8.42 Å². The number of carbonyl (C=O) groups is 1. The number of amides is 1. The molecule has 0 bridgehead atoms. The maximum Gasteiger partial charge on any atom is 0.258 e. The first-order valence-electron chi connectivity index (χ1n) is 10.7. The number of hydrogen-bond donors (Lipinski definition) is 1. The van der Waals surface area contributed by atoms with Crippen molar-refractivity contribution in [2.45, 2.75) is 37.6 Å². The topological polar surface area (TPSA) is 84.3 Å². The summed E-state index contributed by atoms with van der Waals surface area (Å²) in [7, 11) is -3.85. The van der Waals surface area contributed by atoms with Gasteiger partial charge in [-0.3, -0.25) is 9.48 Å². The van der Waals surface area contributed by atoms with E-state index in [0.29, 0.717) is 30.5 Å². The summed E-state index contributed by atoms with van der Waals surface area (Å²) >= 11 is 18.6. The van der Waals surface area contributed by atoms with Crippen LogP contribution in [-0.2, 0) is 16.6 Å². The number of hydrogen-bond acceptors (Lipinski definition) is 4. The van der Waals surface area contributed by atoms with Crippen LogP contribution in [0.3, 0.4) is 0 Å². The van der Waals surface area contributed by atoms with Gasteiger partial charge < -0.3 is 5.32 Å². The summed E-state index contributed by atoms with van der Waals surface area (Å²) in [4.78, 5) is 12.9. The van der Waals surface area contributed by atoms with E-state index < -0.39 is 15.9 Å². The number of sulfonamides is 1. The van der Waals surface area contributed by atoms with Gasteiger partial charge >= 0.3 is 0 Å². The molecule has 1 N–H and O–H groups in total. The van der Waals surface area contributed by atoms with Gasteiger partial charge in [0, 0.05) is 29.9 Å². The lowest BCUT2D eigenvalue weighted by molar-refractivity contribution is 0.102. The third kappa shape index (κ3) is 5.42. The molecule has 2 heterocycles. The second kappa shape index (κ2) is 10.3. The van der Waals surface area contributed by atoms with Gasteiger partial charge in [-0.2, -0.15) is 9.40 Å². The average molecular weight is 542 g/mol. The minimum absolute atomic E-state index is 0.00342. The molecule has 1 amide bonds. The van der Waals surface area contributed by atoms with Crippen molar-refractivity contribution in [3.63, 3.8) is 0 Å². The molecule has 0 spiro atoms. The molecule has 0 atom stereocenters. The zero-order valence-electron chi connectivity index (χ0n) is 18.4. The molecule has 11 heteroatoms. The van der Waals surface area contributed by atoms with Crippen molar-refractivity contribution in [1.29, 1.82) is 0 Å². The molecule has 0 saturated carbocycles. The molecular weight excluding hydrogens is 519 g/mol. The van der Waals surface area contributed by atoms with Crippen molar-refractivity contribution >= 4 is 56.6 Å². The molecule has 1 aromatic heterocycles. The van der Waals surface area contributed by atoms with Crippen LogP contribution in [0.15, 0.2) is 47.4 Å². The Balaban J connectivity index is 1.57. The van der Waals surface area contributed by atoms with Crippen molar-refractivity contribution in [2.24, 2.45) is 0 Å². The van der Waals surface area contributed by atoms with E-state index in [1.807, 2.05) is 25.1 Å². The van der Waals surface area contributed by atoms with Gasteiger partial charge in [0.1, 0.15) is 4.90 Å². The number of carbonyl (C=O) groups excluding carboxylic acids is 1. The molecule has 1 aliphatic heterocycles. The number of anilines is 1. The number of aryl methyl sites for hydroxylation is 1. The molecule has 7 nitrogen and oxygen atoms in total. The van der Waals surface area contributed by atoms with Gasteiger partial charge in [-0.15, -0.1) is 0 Å². The van der Waals surface area contributed by atoms with Gasteiger partial charge in [0.15, 0.2) is 5.82 Å². The molecule has 0 aliphatic carbocycles. The lowest BCUT2D eigenvalue weighted by atomic mass is 10.2. The lowest BCUT2D eigenvalue weighted by Crippen LogP contribution is -2.35. The molecule has 0 radical (unpaired) electrons. The summed E-state index contributed by atoms with van der Waals surface area (Å²) in [6.45, 7) is 3.19. The smallest absolute Gasteiger partial charge is 0.258 e. The van der Waals surface area contributed by atoms with Gasteiger partial charge in [0.05, 0.1) is 22.2 Å². The molecule has 180 valence electrons. The molecule has 0 unspecified atom stereocenters. The van der Waals surface area contributed by atoms with Crippen LogP contribution in [0.2, 0.25) is 15.1 Å². The molecule has 34 heavy (non-hydrogen) atoms. The van der Waals surface area contributed by atoms with Crippen LogP contribution in [0.1, 0.15) is 40.9 Å². The highest BCUT2D eigenvalue weighted by molar-refractivity contribution is 7.89. The van der Waals surface area contributed by atoms with E-state index in [4.69, 9.17) is 34.8 Å². The fraction of sp³-hybridized carbons (Fsp3) is 0.304. The second-order valence-electron chi connectivity index (χ2n) is 8.14. The summed E-state index contributed by atoms with van der Waals surface area (Å²) in [5.41, 5.74) is 1.79. The van der Waals surface area contributed by atoms with Crippen molar-refractivity contribution in [3.8, 4) is 0 Å². The Labute approximate surface area is 213 Å². The minimum Gasteiger partial charge on any atom is -0.305 e. The molecule has 3 aromatic rings. The number of piperidine rings is 1. The number of nitrogens with one attached hydrogen (secondary N) is 1. The molecule has 1 aliphatic rings. The highest BCUT2D eigenvalue weighted by atomic mass is 35.5. The van der Waals surface area contributed by atoms with Crippen LogP contribution in [-0.4, -0.2) is 41.5 Å². The third-order valence-corrected chi connectivity index (χ3v) is 8.55. The maximum absolute atomic E-state index is 13.1. The predicted octanol–water partition coefficient (Wildman–Crippen LogP) is 5.63. The first-order valence-corrected chi connectivity index (χ1v) is 13.3. The largest absolute Gasteiger partial charge is 0.305 e. The van der Waals surface area contributed by atoms with Gasteiger partial charge in [-0.1, -0.05) is 53.4 Å². The lowest BCUT2D eigenvalue weighted by Gasteiger charge is -2.26. The van der Waals surface area contributed by atoms with Gasteiger partial charge in [0.25, 0.3) is 5.91 Å². The van der Waals surface area contributed by atoms with Crippen LogP contribution in [0, 0.1) is 6.92 Å². The predicted molar refractivity (Wildman–Crippen MR) is 135 cm³/mol. The Hall–Kier alpha value is -2.10. The summed E-state index contributed by atoms with van der Waals surface area (Å²) in [5.74, 6) is -0.264.